The topological polar surface area (TPSA) is 56.2 Å². The standard InChI is InChI=1S/C15H19NO2/c1-2-3-4-5-9-12-11-8-6-7-10-13(11)18-15(17)14(12)16/h6-8,10H,2-5,9,16H2,1H3. The molecule has 0 radical (unpaired) electrons. The molecular formula is C15H19NO2. The van der Waals surface area contributed by atoms with Crippen molar-refractivity contribution < 1.29 is 4.42 Å². The van der Waals surface area contributed by atoms with Gasteiger partial charge in [-0.3, -0.25) is 0 Å². The van der Waals surface area contributed by atoms with Gasteiger partial charge < -0.3 is 10.2 Å². The third-order valence-corrected chi connectivity index (χ3v) is 3.24. The van der Waals surface area contributed by atoms with Crippen LogP contribution >= 0.6 is 0 Å². The maximum Gasteiger partial charge on any atom is 0.359 e. The lowest BCUT2D eigenvalue weighted by molar-refractivity contribution is 0.561. The Morgan fingerprint density at radius 2 is 1.94 bits per heavy atom. The van der Waals surface area contributed by atoms with E-state index in [-0.39, 0.29) is 5.69 Å². The van der Waals surface area contributed by atoms with E-state index < -0.39 is 5.63 Å². The molecule has 1 aromatic heterocycles. The lowest BCUT2D eigenvalue weighted by Gasteiger charge is -2.08. The average molecular weight is 245 g/mol. The fraction of sp³-hybridized carbons (Fsp3) is 0.400. The molecule has 0 spiro atoms. The zero-order valence-corrected chi connectivity index (χ0v) is 10.7. The molecule has 1 heterocycles. The van der Waals surface area contributed by atoms with Gasteiger partial charge in [0.05, 0.1) is 0 Å². The maximum absolute atomic E-state index is 11.7. The van der Waals surface area contributed by atoms with E-state index in [0.717, 1.165) is 23.8 Å². The van der Waals surface area contributed by atoms with Crippen molar-refractivity contribution >= 4 is 16.7 Å². The molecular weight excluding hydrogens is 226 g/mol. The Hall–Kier alpha value is -1.77. The lowest BCUT2D eigenvalue weighted by Crippen LogP contribution is -2.10. The molecule has 2 aromatic rings. The molecule has 1 aromatic carbocycles. The predicted molar refractivity (Wildman–Crippen MR) is 74.7 cm³/mol. The van der Waals surface area contributed by atoms with Gasteiger partial charge in [0, 0.05) is 5.39 Å². The normalized spacial score (nSPS) is 10.9. The summed E-state index contributed by atoms with van der Waals surface area (Å²) in [6.07, 6.45) is 5.50. The quantitative estimate of drug-likeness (QED) is 0.648. The summed E-state index contributed by atoms with van der Waals surface area (Å²) in [6, 6.07) is 7.58. The van der Waals surface area contributed by atoms with E-state index in [1.807, 2.05) is 24.3 Å². The van der Waals surface area contributed by atoms with Gasteiger partial charge in [-0.2, -0.15) is 0 Å². The molecule has 2 N–H and O–H groups in total. The van der Waals surface area contributed by atoms with Crippen LogP contribution in [0.4, 0.5) is 5.69 Å². The van der Waals surface area contributed by atoms with Gasteiger partial charge in [-0.15, -0.1) is 0 Å². The van der Waals surface area contributed by atoms with Gasteiger partial charge in [-0.25, -0.2) is 4.79 Å². The first-order chi connectivity index (χ1) is 8.74. The van der Waals surface area contributed by atoms with Gasteiger partial charge in [0.25, 0.3) is 0 Å². The molecule has 0 aliphatic carbocycles. The third kappa shape index (κ3) is 2.55. The van der Waals surface area contributed by atoms with Crippen molar-refractivity contribution in [3.05, 3.63) is 40.2 Å². The SMILES string of the molecule is CCCCCCc1c(N)c(=O)oc2ccccc12. The van der Waals surface area contributed by atoms with E-state index in [4.69, 9.17) is 10.2 Å². The number of benzene rings is 1. The Bertz CT molecular complexity index is 587. The first kappa shape index (κ1) is 12.7. The smallest absolute Gasteiger partial charge is 0.359 e. The van der Waals surface area contributed by atoms with Crippen LogP contribution in [0, 0.1) is 0 Å². The van der Waals surface area contributed by atoms with Gasteiger partial charge in [0.2, 0.25) is 0 Å². The molecule has 0 amide bonds. The first-order valence-electron chi connectivity index (χ1n) is 6.54. The summed E-state index contributed by atoms with van der Waals surface area (Å²) in [5, 5.41) is 0.964. The van der Waals surface area contributed by atoms with Gasteiger partial charge in [-0.05, 0) is 24.5 Å². The number of anilines is 1. The molecule has 18 heavy (non-hydrogen) atoms. The molecule has 3 heteroatoms. The summed E-state index contributed by atoms with van der Waals surface area (Å²) in [4.78, 5) is 11.7. The molecule has 0 aliphatic heterocycles. The Morgan fingerprint density at radius 3 is 2.72 bits per heavy atom. The van der Waals surface area contributed by atoms with E-state index in [9.17, 15) is 4.79 Å². The second kappa shape index (κ2) is 5.71. The van der Waals surface area contributed by atoms with Crippen molar-refractivity contribution in [1.29, 1.82) is 0 Å². The van der Waals surface area contributed by atoms with Gasteiger partial charge in [0.15, 0.2) is 0 Å². The van der Waals surface area contributed by atoms with Crippen LogP contribution in [0.1, 0.15) is 38.2 Å². The molecule has 0 saturated heterocycles. The fourth-order valence-electron chi connectivity index (χ4n) is 2.23. The van der Waals surface area contributed by atoms with Crippen molar-refractivity contribution in [1.82, 2.24) is 0 Å². The van der Waals surface area contributed by atoms with Crippen LogP contribution in [0.3, 0.4) is 0 Å². The predicted octanol–water partition coefficient (Wildman–Crippen LogP) is 3.50. The van der Waals surface area contributed by atoms with Crippen molar-refractivity contribution in [2.45, 2.75) is 39.0 Å². The highest BCUT2D eigenvalue weighted by atomic mass is 16.4. The average Bonchev–Trinajstić information content (AvgIpc) is 2.38. The summed E-state index contributed by atoms with van der Waals surface area (Å²) >= 11 is 0. The molecule has 0 saturated carbocycles. The number of nitrogens with two attached hydrogens (primary N) is 1. The Balaban J connectivity index is 2.35. The molecule has 0 atom stereocenters. The van der Waals surface area contributed by atoms with E-state index in [2.05, 4.69) is 6.92 Å². The minimum Gasteiger partial charge on any atom is -0.421 e. The fourth-order valence-corrected chi connectivity index (χ4v) is 2.23. The van der Waals surface area contributed by atoms with Gasteiger partial charge in [0.1, 0.15) is 11.3 Å². The molecule has 2 rings (SSSR count). The van der Waals surface area contributed by atoms with E-state index in [1.54, 1.807) is 0 Å². The van der Waals surface area contributed by atoms with Gasteiger partial charge in [-0.1, -0.05) is 44.4 Å². The number of rotatable bonds is 5. The minimum atomic E-state index is -0.417. The van der Waals surface area contributed by atoms with Crippen molar-refractivity contribution in [3.63, 3.8) is 0 Å². The maximum atomic E-state index is 11.7. The van der Waals surface area contributed by atoms with Crippen LogP contribution in [-0.2, 0) is 6.42 Å². The molecule has 3 nitrogen and oxygen atoms in total. The highest BCUT2D eigenvalue weighted by Gasteiger charge is 2.10. The Morgan fingerprint density at radius 1 is 1.17 bits per heavy atom. The molecule has 0 unspecified atom stereocenters. The zero-order valence-electron chi connectivity index (χ0n) is 10.7. The minimum absolute atomic E-state index is 0.269. The first-order valence-corrected chi connectivity index (χ1v) is 6.54. The number of para-hydroxylation sites is 1. The summed E-state index contributed by atoms with van der Waals surface area (Å²) in [5.41, 5.74) is 7.28. The third-order valence-electron chi connectivity index (χ3n) is 3.24. The highest BCUT2D eigenvalue weighted by Crippen LogP contribution is 2.23. The van der Waals surface area contributed by atoms with Crippen LogP contribution in [0.15, 0.2) is 33.5 Å². The highest BCUT2D eigenvalue weighted by molar-refractivity contribution is 5.84. The Labute approximate surface area is 107 Å². The summed E-state index contributed by atoms with van der Waals surface area (Å²) in [5.74, 6) is 0. The summed E-state index contributed by atoms with van der Waals surface area (Å²) in [7, 11) is 0. The number of aryl methyl sites for hydroxylation is 1. The Kier molecular flexibility index (Phi) is 4.03. The lowest BCUT2D eigenvalue weighted by atomic mass is 10.0. The summed E-state index contributed by atoms with van der Waals surface area (Å²) < 4.78 is 5.18. The number of unbranched alkanes of at least 4 members (excludes halogenated alkanes) is 3. The molecule has 0 fully saturated rings. The van der Waals surface area contributed by atoms with Crippen LogP contribution in [0.25, 0.3) is 11.0 Å². The van der Waals surface area contributed by atoms with E-state index in [1.165, 1.54) is 19.3 Å². The van der Waals surface area contributed by atoms with Crippen LogP contribution in [0.5, 0.6) is 0 Å². The van der Waals surface area contributed by atoms with Crippen LogP contribution in [0.2, 0.25) is 0 Å². The monoisotopic (exact) mass is 245 g/mol. The van der Waals surface area contributed by atoms with Crippen LogP contribution in [-0.4, -0.2) is 0 Å². The largest absolute Gasteiger partial charge is 0.421 e. The summed E-state index contributed by atoms with van der Waals surface area (Å²) in [6.45, 7) is 2.18. The second-order valence-electron chi connectivity index (χ2n) is 4.59. The van der Waals surface area contributed by atoms with Crippen molar-refractivity contribution in [2.75, 3.05) is 5.73 Å². The van der Waals surface area contributed by atoms with Crippen LogP contribution < -0.4 is 11.4 Å². The number of fused-ring (bicyclic) bond motifs is 1. The van der Waals surface area contributed by atoms with Crippen molar-refractivity contribution in [3.8, 4) is 0 Å². The number of hydrogen-bond donors (Lipinski definition) is 1. The second-order valence-corrected chi connectivity index (χ2v) is 4.59. The number of nitrogen functional groups attached to an aromatic ring is 1. The molecule has 0 bridgehead atoms. The van der Waals surface area contributed by atoms with Gasteiger partial charge >= 0.3 is 5.63 Å². The molecule has 0 aliphatic rings. The van der Waals surface area contributed by atoms with E-state index in [0.29, 0.717) is 5.58 Å². The molecule has 96 valence electrons. The zero-order chi connectivity index (χ0) is 13.0. The number of hydrogen-bond acceptors (Lipinski definition) is 3. The van der Waals surface area contributed by atoms with Crippen molar-refractivity contribution in [2.24, 2.45) is 0 Å². The van der Waals surface area contributed by atoms with E-state index >= 15 is 0 Å².